The molecule has 58 heavy (non-hydrogen) atoms. The molecule has 0 saturated heterocycles. The first-order valence-corrected chi connectivity index (χ1v) is 24.9. The molecule has 0 aliphatic carbocycles. The number of carbonyl (C=O) groups excluding carboxylic acids is 2. The molecular weight excluding hydrogens is 757 g/mol. The molecule has 0 aliphatic heterocycles. The molecule has 0 heterocycles. The molecule has 1 unspecified atom stereocenters. The van der Waals surface area contributed by atoms with Crippen LogP contribution >= 0.6 is 7.82 Å². The van der Waals surface area contributed by atoms with Gasteiger partial charge in [-0.1, -0.05) is 186 Å². The number of carboxylic acids is 1. The molecule has 0 rings (SSSR count). The third-order valence-corrected chi connectivity index (χ3v) is 11.2. The van der Waals surface area contributed by atoms with Gasteiger partial charge in [0, 0.05) is 12.8 Å². The van der Waals surface area contributed by atoms with E-state index in [0.29, 0.717) is 12.8 Å². The molecule has 0 aromatic heterocycles. The fourth-order valence-electron chi connectivity index (χ4n) is 6.51. The fraction of sp³-hybridized carbons (Fsp3) is 0.848. The standard InChI is InChI=1S/C46H86NO10P/c1-3-5-7-9-11-13-15-17-19-21-23-25-27-29-31-33-35-37-44(48)54-39-42(40-55-58(52,53)56-41-43(47)46(50)51)57-45(49)38-36-34-32-30-28-26-24-22-20-18-16-14-12-10-8-6-4-2/h11,13,17,19,42-43H,3-10,12,14-16,18,20-41,47H2,1-2H3,(H,50,51)(H,52,53)/b13-11-,19-17-/t42-,43+/m1/s1. The molecule has 11 nitrogen and oxygen atoms in total. The Morgan fingerprint density at radius 1 is 0.534 bits per heavy atom. The van der Waals surface area contributed by atoms with Gasteiger partial charge in [-0.15, -0.1) is 0 Å². The van der Waals surface area contributed by atoms with Crippen molar-refractivity contribution in [3.05, 3.63) is 24.3 Å². The van der Waals surface area contributed by atoms with Gasteiger partial charge in [-0.05, 0) is 44.9 Å². The van der Waals surface area contributed by atoms with Gasteiger partial charge in [-0.25, -0.2) is 4.57 Å². The van der Waals surface area contributed by atoms with Crippen molar-refractivity contribution in [3.8, 4) is 0 Å². The van der Waals surface area contributed by atoms with E-state index in [-0.39, 0.29) is 19.4 Å². The van der Waals surface area contributed by atoms with Crippen LogP contribution in [0.15, 0.2) is 24.3 Å². The minimum Gasteiger partial charge on any atom is -0.480 e. The van der Waals surface area contributed by atoms with E-state index in [1.165, 1.54) is 128 Å². The lowest BCUT2D eigenvalue weighted by atomic mass is 10.0. The van der Waals surface area contributed by atoms with Crippen molar-refractivity contribution in [1.29, 1.82) is 0 Å². The second-order valence-electron chi connectivity index (χ2n) is 15.9. The largest absolute Gasteiger partial charge is 0.480 e. The lowest BCUT2D eigenvalue weighted by Gasteiger charge is -2.20. The molecule has 0 aliphatic rings. The summed E-state index contributed by atoms with van der Waals surface area (Å²) in [6.45, 7) is 2.80. The Morgan fingerprint density at radius 3 is 1.38 bits per heavy atom. The second-order valence-corrected chi connectivity index (χ2v) is 17.3. The fourth-order valence-corrected chi connectivity index (χ4v) is 7.29. The predicted octanol–water partition coefficient (Wildman–Crippen LogP) is 12.6. The molecule has 0 aromatic rings. The maximum atomic E-state index is 12.7. The van der Waals surface area contributed by atoms with E-state index in [4.69, 9.17) is 24.8 Å². The van der Waals surface area contributed by atoms with E-state index in [9.17, 15) is 23.8 Å². The van der Waals surface area contributed by atoms with E-state index in [0.717, 1.165) is 51.4 Å². The van der Waals surface area contributed by atoms with Crippen LogP contribution in [-0.2, 0) is 37.5 Å². The Labute approximate surface area is 353 Å². The summed E-state index contributed by atoms with van der Waals surface area (Å²) in [6.07, 6.45) is 43.7. The monoisotopic (exact) mass is 844 g/mol. The maximum absolute atomic E-state index is 12.7. The summed E-state index contributed by atoms with van der Waals surface area (Å²) in [4.78, 5) is 46.0. The van der Waals surface area contributed by atoms with Crippen LogP contribution in [0.25, 0.3) is 0 Å². The summed E-state index contributed by atoms with van der Waals surface area (Å²) in [7, 11) is -4.72. The second kappa shape index (κ2) is 41.7. The van der Waals surface area contributed by atoms with E-state index in [1.807, 2.05) is 0 Å². The quantitative estimate of drug-likeness (QED) is 0.0231. The maximum Gasteiger partial charge on any atom is 0.472 e. The topological polar surface area (TPSA) is 172 Å². The van der Waals surface area contributed by atoms with Gasteiger partial charge >= 0.3 is 25.7 Å². The highest BCUT2D eigenvalue weighted by Gasteiger charge is 2.28. The van der Waals surface area contributed by atoms with Crippen LogP contribution in [0.4, 0.5) is 0 Å². The summed E-state index contributed by atoms with van der Waals surface area (Å²) >= 11 is 0. The van der Waals surface area contributed by atoms with Gasteiger partial charge in [-0.2, -0.15) is 0 Å². The van der Waals surface area contributed by atoms with Gasteiger partial charge in [0.15, 0.2) is 6.10 Å². The Balaban J connectivity index is 4.30. The van der Waals surface area contributed by atoms with Gasteiger partial charge in [0.1, 0.15) is 12.6 Å². The summed E-state index contributed by atoms with van der Waals surface area (Å²) < 4.78 is 32.8. The molecule has 3 atom stereocenters. The van der Waals surface area contributed by atoms with Crippen LogP contribution in [0.5, 0.6) is 0 Å². The zero-order valence-corrected chi connectivity index (χ0v) is 37.8. The molecule has 0 fully saturated rings. The van der Waals surface area contributed by atoms with Crippen molar-refractivity contribution in [3.63, 3.8) is 0 Å². The van der Waals surface area contributed by atoms with Crippen molar-refractivity contribution < 1.29 is 47.5 Å². The van der Waals surface area contributed by atoms with Crippen LogP contribution in [0.2, 0.25) is 0 Å². The molecular formula is C46H86NO10P. The molecule has 4 N–H and O–H groups in total. The lowest BCUT2D eigenvalue weighted by molar-refractivity contribution is -0.161. The normalized spacial score (nSPS) is 13.9. The number of carbonyl (C=O) groups is 3. The van der Waals surface area contributed by atoms with Crippen LogP contribution in [-0.4, -0.2) is 59.9 Å². The molecule has 0 bridgehead atoms. The number of aliphatic carboxylic acids is 1. The average Bonchev–Trinajstić information content (AvgIpc) is 3.20. The highest BCUT2D eigenvalue weighted by molar-refractivity contribution is 7.47. The van der Waals surface area contributed by atoms with Crippen LogP contribution in [0.3, 0.4) is 0 Å². The first-order chi connectivity index (χ1) is 28.1. The number of nitrogens with two attached hydrogens (primary N) is 1. The minimum absolute atomic E-state index is 0.164. The number of esters is 2. The van der Waals surface area contributed by atoms with E-state index in [1.54, 1.807) is 0 Å². The van der Waals surface area contributed by atoms with Crippen LogP contribution < -0.4 is 5.73 Å². The number of unbranched alkanes of at least 4 members (excludes halogenated alkanes) is 26. The number of carboxylic acid groups (broad SMARTS) is 1. The van der Waals surface area contributed by atoms with Crippen molar-refractivity contribution in [2.45, 2.75) is 231 Å². The highest BCUT2D eigenvalue weighted by atomic mass is 31.2. The van der Waals surface area contributed by atoms with Crippen LogP contribution in [0, 0.1) is 0 Å². The van der Waals surface area contributed by atoms with Crippen molar-refractivity contribution >= 4 is 25.7 Å². The highest BCUT2D eigenvalue weighted by Crippen LogP contribution is 2.43. The molecule has 340 valence electrons. The first-order valence-electron chi connectivity index (χ1n) is 23.4. The molecule has 0 spiro atoms. The predicted molar refractivity (Wildman–Crippen MR) is 236 cm³/mol. The smallest absolute Gasteiger partial charge is 0.472 e. The van der Waals surface area contributed by atoms with Crippen molar-refractivity contribution in [2.24, 2.45) is 5.73 Å². The number of rotatable bonds is 44. The lowest BCUT2D eigenvalue weighted by Crippen LogP contribution is -2.34. The third-order valence-electron chi connectivity index (χ3n) is 10.2. The number of allylic oxidation sites excluding steroid dienone is 4. The summed E-state index contributed by atoms with van der Waals surface area (Å²) in [5.74, 6) is -2.38. The van der Waals surface area contributed by atoms with E-state index in [2.05, 4.69) is 42.7 Å². The number of hydrogen-bond donors (Lipinski definition) is 3. The first kappa shape index (κ1) is 56.0. The van der Waals surface area contributed by atoms with Gasteiger partial charge < -0.3 is 25.2 Å². The molecule has 0 saturated carbocycles. The molecule has 0 amide bonds. The molecule has 0 radical (unpaired) electrons. The Kier molecular flexibility index (Phi) is 40.2. The number of phosphoric acid groups is 1. The Morgan fingerprint density at radius 2 is 0.914 bits per heavy atom. The summed E-state index contributed by atoms with van der Waals surface area (Å²) in [5.41, 5.74) is 5.34. The SMILES string of the molecule is CCCCC/C=C\C/C=C\CCCCCCCCCC(=O)OC[C@H](COP(=O)(O)OC[C@H](N)C(=O)O)OC(=O)CCCCCCCCCCCCCCCCCCC. The van der Waals surface area contributed by atoms with Crippen molar-refractivity contribution in [2.75, 3.05) is 19.8 Å². The number of phosphoric ester groups is 1. The molecule has 12 heteroatoms. The van der Waals surface area contributed by atoms with Crippen LogP contribution in [0.1, 0.15) is 219 Å². The van der Waals surface area contributed by atoms with Gasteiger partial charge in [0.25, 0.3) is 0 Å². The van der Waals surface area contributed by atoms with Gasteiger partial charge in [-0.3, -0.25) is 23.4 Å². The van der Waals surface area contributed by atoms with E-state index >= 15 is 0 Å². The average molecular weight is 844 g/mol. The zero-order valence-electron chi connectivity index (χ0n) is 36.9. The van der Waals surface area contributed by atoms with E-state index < -0.39 is 51.1 Å². The Hall–Kier alpha value is -2.04. The third kappa shape index (κ3) is 40.7. The number of hydrogen-bond acceptors (Lipinski definition) is 9. The number of ether oxygens (including phenoxy) is 2. The van der Waals surface area contributed by atoms with Gasteiger partial charge in [0.05, 0.1) is 13.2 Å². The summed E-state index contributed by atoms with van der Waals surface area (Å²) in [5, 5.41) is 8.90. The molecule has 0 aromatic carbocycles. The summed E-state index contributed by atoms with van der Waals surface area (Å²) in [6, 6.07) is -1.52. The zero-order chi connectivity index (χ0) is 42.8. The minimum atomic E-state index is -4.72. The van der Waals surface area contributed by atoms with Gasteiger partial charge in [0.2, 0.25) is 0 Å². The van der Waals surface area contributed by atoms with Crippen molar-refractivity contribution in [1.82, 2.24) is 0 Å². The Bertz CT molecular complexity index is 1080.